The number of halogens is 1. The summed E-state index contributed by atoms with van der Waals surface area (Å²) in [5.74, 6) is -0.556. The number of rotatable bonds is 6. The zero-order chi connectivity index (χ0) is 15.9. The van der Waals surface area contributed by atoms with E-state index in [4.69, 9.17) is 23.7 Å². The van der Waals surface area contributed by atoms with Crippen LogP contribution in [0.1, 0.15) is 6.92 Å². The second-order valence-corrected chi connectivity index (χ2v) is 6.57. The fourth-order valence-electron chi connectivity index (χ4n) is 1.16. The van der Waals surface area contributed by atoms with Crippen molar-refractivity contribution in [1.82, 2.24) is 0 Å². The molecule has 0 unspecified atom stereocenters. The summed E-state index contributed by atoms with van der Waals surface area (Å²) in [6.45, 7) is 4.83. The summed E-state index contributed by atoms with van der Waals surface area (Å²) in [6, 6.07) is 0. The highest BCUT2D eigenvalue weighted by atomic mass is 127. The largest absolute Gasteiger partial charge is 0.508 e. The van der Waals surface area contributed by atoms with E-state index in [1.165, 1.54) is 6.92 Å². The second kappa shape index (κ2) is 8.05. The SMILES string of the molecule is C=C(C)C(=O)OCCOC(=O)OCC1(I)COC(=O)OC1. The van der Waals surface area contributed by atoms with Gasteiger partial charge in [-0.25, -0.2) is 14.4 Å². The molecule has 1 aliphatic rings. The van der Waals surface area contributed by atoms with Gasteiger partial charge in [0, 0.05) is 5.57 Å². The Morgan fingerprint density at radius 2 is 1.81 bits per heavy atom. The lowest BCUT2D eigenvalue weighted by molar-refractivity contribution is -0.140. The van der Waals surface area contributed by atoms with Crippen LogP contribution in [0.15, 0.2) is 12.2 Å². The van der Waals surface area contributed by atoms with Gasteiger partial charge in [-0.15, -0.1) is 0 Å². The van der Waals surface area contributed by atoms with Crippen molar-refractivity contribution in [3.8, 4) is 0 Å². The van der Waals surface area contributed by atoms with Crippen molar-refractivity contribution in [2.45, 2.75) is 10.3 Å². The van der Waals surface area contributed by atoms with E-state index in [9.17, 15) is 14.4 Å². The lowest BCUT2D eigenvalue weighted by atomic mass is 10.2. The van der Waals surface area contributed by atoms with Crippen molar-refractivity contribution in [3.63, 3.8) is 0 Å². The molecule has 1 rings (SSSR count). The van der Waals surface area contributed by atoms with Crippen LogP contribution < -0.4 is 0 Å². The predicted octanol–water partition coefficient (Wildman–Crippen LogP) is 1.60. The van der Waals surface area contributed by atoms with Gasteiger partial charge in [0.2, 0.25) is 0 Å². The molecule has 0 aliphatic carbocycles. The Hall–Kier alpha value is -1.52. The van der Waals surface area contributed by atoms with Gasteiger partial charge in [0.15, 0.2) is 0 Å². The number of ether oxygens (including phenoxy) is 5. The Bertz CT molecular complexity index is 423. The molecular formula is C12H15IO8. The van der Waals surface area contributed by atoms with Crippen LogP contribution in [0.3, 0.4) is 0 Å². The average Bonchev–Trinajstić information content (AvgIpc) is 2.44. The highest BCUT2D eigenvalue weighted by Gasteiger charge is 2.36. The Kier molecular flexibility index (Phi) is 6.72. The van der Waals surface area contributed by atoms with Crippen molar-refractivity contribution in [2.24, 2.45) is 0 Å². The second-order valence-electron chi connectivity index (χ2n) is 4.28. The number of carbonyl (C=O) groups excluding carboxylic acids is 3. The van der Waals surface area contributed by atoms with Gasteiger partial charge >= 0.3 is 18.3 Å². The van der Waals surface area contributed by atoms with E-state index in [0.29, 0.717) is 0 Å². The predicted molar refractivity (Wildman–Crippen MR) is 77.1 cm³/mol. The molecule has 8 nitrogen and oxygen atoms in total. The minimum atomic E-state index is -0.908. The number of esters is 1. The molecule has 0 saturated carbocycles. The Balaban J connectivity index is 2.15. The summed E-state index contributed by atoms with van der Waals surface area (Å²) in [5, 5.41) is 0. The van der Waals surface area contributed by atoms with Crippen LogP contribution in [-0.2, 0) is 28.5 Å². The number of alkyl halides is 1. The van der Waals surface area contributed by atoms with E-state index in [0.717, 1.165) is 0 Å². The van der Waals surface area contributed by atoms with E-state index in [1.807, 2.05) is 22.6 Å². The molecular weight excluding hydrogens is 399 g/mol. The maximum Gasteiger partial charge on any atom is 0.508 e. The number of hydrogen-bond donors (Lipinski definition) is 0. The Morgan fingerprint density at radius 3 is 2.38 bits per heavy atom. The minimum absolute atomic E-state index is 0.0365. The summed E-state index contributed by atoms with van der Waals surface area (Å²) in [4.78, 5) is 33.1. The molecule has 0 aromatic rings. The first-order valence-electron chi connectivity index (χ1n) is 5.93. The van der Waals surface area contributed by atoms with E-state index in [-0.39, 0.29) is 38.6 Å². The maximum absolute atomic E-state index is 11.3. The van der Waals surface area contributed by atoms with Crippen molar-refractivity contribution in [3.05, 3.63) is 12.2 Å². The van der Waals surface area contributed by atoms with Gasteiger partial charge in [-0.2, -0.15) is 0 Å². The van der Waals surface area contributed by atoms with Crippen LogP contribution in [0.4, 0.5) is 9.59 Å². The zero-order valence-electron chi connectivity index (χ0n) is 11.4. The van der Waals surface area contributed by atoms with E-state index in [1.54, 1.807) is 0 Å². The first-order chi connectivity index (χ1) is 9.82. The topological polar surface area (TPSA) is 97.4 Å². The molecule has 9 heteroatoms. The smallest absolute Gasteiger partial charge is 0.459 e. The van der Waals surface area contributed by atoms with Crippen LogP contribution in [0.2, 0.25) is 0 Å². The number of carbonyl (C=O) groups is 3. The van der Waals surface area contributed by atoms with Gasteiger partial charge in [0.25, 0.3) is 0 Å². The van der Waals surface area contributed by atoms with E-state index >= 15 is 0 Å². The molecule has 0 atom stereocenters. The van der Waals surface area contributed by atoms with Gasteiger partial charge in [0.1, 0.15) is 36.5 Å². The van der Waals surface area contributed by atoms with Crippen molar-refractivity contribution < 1.29 is 38.1 Å². The first-order valence-corrected chi connectivity index (χ1v) is 7.01. The summed E-state index contributed by atoms with van der Waals surface area (Å²) in [6.07, 6.45) is -1.65. The maximum atomic E-state index is 11.3. The van der Waals surface area contributed by atoms with Gasteiger partial charge in [-0.1, -0.05) is 29.2 Å². The Morgan fingerprint density at radius 1 is 1.24 bits per heavy atom. The summed E-state index contributed by atoms with van der Waals surface area (Å²) in [5.41, 5.74) is 0.260. The van der Waals surface area contributed by atoms with Crippen LogP contribution >= 0.6 is 22.6 Å². The Labute approximate surface area is 134 Å². The molecule has 0 bridgehead atoms. The van der Waals surface area contributed by atoms with Crippen LogP contribution in [0.25, 0.3) is 0 Å². The molecule has 118 valence electrons. The highest BCUT2D eigenvalue weighted by molar-refractivity contribution is 14.1. The van der Waals surface area contributed by atoms with Crippen molar-refractivity contribution >= 4 is 40.9 Å². The van der Waals surface area contributed by atoms with Crippen molar-refractivity contribution in [2.75, 3.05) is 33.0 Å². The fourth-order valence-corrected chi connectivity index (χ4v) is 1.62. The molecule has 1 heterocycles. The average molecular weight is 414 g/mol. The highest BCUT2D eigenvalue weighted by Crippen LogP contribution is 2.24. The normalized spacial score (nSPS) is 16.2. The standard InChI is InChI=1S/C12H15IO8/c1-8(2)9(14)17-3-4-18-10(15)19-5-12(13)6-20-11(16)21-7-12/h1,3-7H2,2H3. The molecule has 0 spiro atoms. The summed E-state index contributed by atoms with van der Waals surface area (Å²) < 4.78 is 23.1. The molecule has 1 fully saturated rings. The summed E-state index contributed by atoms with van der Waals surface area (Å²) in [7, 11) is 0. The lowest BCUT2D eigenvalue weighted by Gasteiger charge is -2.29. The molecule has 0 N–H and O–H groups in total. The molecule has 0 aromatic carbocycles. The third-order valence-corrected chi connectivity index (χ3v) is 3.17. The summed E-state index contributed by atoms with van der Waals surface area (Å²) >= 11 is 1.98. The molecule has 0 amide bonds. The fraction of sp³-hybridized carbons (Fsp3) is 0.583. The molecule has 1 aliphatic heterocycles. The monoisotopic (exact) mass is 414 g/mol. The number of hydrogen-bond acceptors (Lipinski definition) is 8. The molecule has 1 saturated heterocycles. The van der Waals surface area contributed by atoms with Crippen molar-refractivity contribution in [1.29, 1.82) is 0 Å². The molecule has 0 radical (unpaired) electrons. The van der Waals surface area contributed by atoms with Crippen LogP contribution in [-0.4, -0.2) is 54.7 Å². The van der Waals surface area contributed by atoms with Crippen LogP contribution in [0, 0.1) is 0 Å². The quantitative estimate of drug-likeness (QED) is 0.162. The zero-order valence-corrected chi connectivity index (χ0v) is 13.5. The van der Waals surface area contributed by atoms with Gasteiger partial charge in [0.05, 0.1) is 0 Å². The van der Waals surface area contributed by atoms with Gasteiger partial charge < -0.3 is 23.7 Å². The van der Waals surface area contributed by atoms with Gasteiger partial charge in [-0.05, 0) is 6.92 Å². The number of cyclic esters (lactones) is 2. The molecule has 21 heavy (non-hydrogen) atoms. The van der Waals surface area contributed by atoms with Gasteiger partial charge in [-0.3, -0.25) is 0 Å². The third-order valence-electron chi connectivity index (χ3n) is 2.23. The van der Waals surface area contributed by atoms with E-state index < -0.39 is 21.7 Å². The van der Waals surface area contributed by atoms with Crippen LogP contribution in [0.5, 0.6) is 0 Å². The molecule has 0 aromatic heterocycles. The first kappa shape index (κ1) is 17.5. The van der Waals surface area contributed by atoms with E-state index in [2.05, 4.69) is 6.58 Å². The third kappa shape index (κ3) is 6.65. The lowest BCUT2D eigenvalue weighted by Crippen LogP contribution is -2.44. The minimum Gasteiger partial charge on any atom is -0.459 e.